The zero-order valence-electron chi connectivity index (χ0n) is 24.2. The topological polar surface area (TPSA) is 51.8 Å². The van der Waals surface area contributed by atoms with Crippen molar-refractivity contribution in [3.8, 4) is 45.3 Å². The summed E-state index contributed by atoms with van der Waals surface area (Å²) in [5.41, 5.74) is 6.86. The second kappa shape index (κ2) is 10.2. The molecule has 0 aliphatic heterocycles. The maximum atomic E-state index is 6.36. The van der Waals surface area contributed by atoms with Gasteiger partial charge in [-0.15, -0.1) is 0 Å². The van der Waals surface area contributed by atoms with Crippen molar-refractivity contribution in [2.24, 2.45) is 0 Å². The fourth-order valence-corrected chi connectivity index (χ4v) is 6.30. The highest BCUT2D eigenvalue weighted by Gasteiger charge is 2.16. The molecule has 0 unspecified atom stereocenters. The van der Waals surface area contributed by atoms with Gasteiger partial charge < -0.3 is 4.42 Å². The largest absolute Gasteiger partial charge is 0.455 e. The lowest BCUT2D eigenvalue weighted by Crippen LogP contribution is -2.00. The Labute approximate surface area is 259 Å². The van der Waals surface area contributed by atoms with E-state index < -0.39 is 0 Å². The van der Waals surface area contributed by atoms with Gasteiger partial charge in [0, 0.05) is 32.8 Å². The molecule has 0 fully saturated rings. The molecule has 2 heterocycles. The molecular formula is C41H25N3O. The van der Waals surface area contributed by atoms with Crippen LogP contribution in [0.25, 0.3) is 88.8 Å². The second-order valence-corrected chi connectivity index (χ2v) is 11.3. The SMILES string of the molecule is c1ccc(-c2nc(-c3cccc(-c4cccc5c4ccc4c6ccccc6oc54)c3)nc(-c3ccc4ccccc4c3)n2)cc1. The quantitative estimate of drug-likeness (QED) is 0.209. The summed E-state index contributed by atoms with van der Waals surface area (Å²) in [5.74, 6) is 1.92. The second-order valence-electron chi connectivity index (χ2n) is 11.3. The van der Waals surface area contributed by atoms with E-state index in [1.807, 2.05) is 42.5 Å². The minimum Gasteiger partial charge on any atom is -0.455 e. The molecule has 0 amide bonds. The van der Waals surface area contributed by atoms with Crippen molar-refractivity contribution in [1.82, 2.24) is 15.0 Å². The minimum absolute atomic E-state index is 0.633. The number of hydrogen-bond acceptors (Lipinski definition) is 4. The fourth-order valence-electron chi connectivity index (χ4n) is 6.30. The van der Waals surface area contributed by atoms with Crippen molar-refractivity contribution in [3.05, 3.63) is 152 Å². The highest BCUT2D eigenvalue weighted by atomic mass is 16.3. The number of fused-ring (bicyclic) bond motifs is 6. The summed E-state index contributed by atoms with van der Waals surface area (Å²) in [6, 6.07) is 52.2. The van der Waals surface area contributed by atoms with E-state index in [9.17, 15) is 0 Å². The fraction of sp³-hybridized carbons (Fsp3) is 0. The number of nitrogens with zero attached hydrogens (tertiary/aromatic N) is 3. The van der Waals surface area contributed by atoms with Gasteiger partial charge >= 0.3 is 0 Å². The summed E-state index contributed by atoms with van der Waals surface area (Å²) in [4.78, 5) is 15.0. The normalized spacial score (nSPS) is 11.6. The zero-order chi connectivity index (χ0) is 29.7. The molecule has 0 aliphatic rings. The Morgan fingerprint density at radius 1 is 0.356 bits per heavy atom. The van der Waals surface area contributed by atoms with Gasteiger partial charge in [-0.1, -0.05) is 127 Å². The van der Waals surface area contributed by atoms with Gasteiger partial charge in [0.15, 0.2) is 17.5 Å². The molecule has 0 N–H and O–H groups in total. The van der Waals surface area contributed by atoms with E-state index in [0.717, 1.165) is 65.9 Å². The van der Waals surface area contributed by atoms with E-state index in [1.165, 1.54) is 5.39 Å². The maximum absolute atomic E-state index is 6.36. The van der Waals surface area contributed by atoms with Crippen LogP contribution in [0.1, 0.15) is 0 Å². The van der Waals surface area contributed by atoms with E-state index in [2.05, 4.69) is 109 Å². The molecule has 0 saturated carbocycles. The van der Waals surface area contributed by atoms with Crippen molar-refractivity contribution < 1.29 is 4.42 Å². The third kappa shape index (κ3) is 4.35. The van der Waals surface area contributed by atoms with Crippen molar-refractivity contribution in [1.29, 1.82) is 0 Å². The molecule has 0 atom stereocenters. The van der Waals surface area contributed by atoms with E-state index in [0.29, 0.717) is 17.5 Å². The van der Waals surface area contributed by atoms with E-state index in [4.69, 9.17) is 19.4 Å². The molecule has 210 valence electrons. The first-order valence-corrected chi connectivity index (χ1v) is 15.0. The van der Waals surface area contributed by atoms with Gasteiger partial charge in [0.05, 0.1) is 0 Å². The van der Waals surface area contributed by atoms with Crippen molar-refractivity contribution in [3.63, 3.8) is 0 Å². The molecule has 0 aliphatic carbocycles. The van der Waals surface area contributed by atoms with Gasteiger partial charge in [0.2, 0.25) is 0 Å². The highest BCUT2D eigenvalue weighted by Crippen LogP contribution is 2.38. The molecule has 45 heavy (non-hydrogen) atoms. The predicted octanol–water partition coefficient (Wildman–Crippen LogP) is 10.7. The van der Waals surface area contributed by atoms with E-state index in [-0.39, 0.29) is 0 Å². The Bertz CT molecular complexity index is 2550. The van der Waals surface area contributed by atoms with Crippen molar-refractivity contribution in [2.45, 2.75) is 0 Å². The van der Waals surface area contributed by atoms with Gasteiger partial charge in [-0.05, 0) is 51.6 Å². The van der Waals surface area contributed by atoms with Crippen LogP contribution in [0.2, 0.25) is 0 Å². The Morgan fingerprint density at radius 2 is 0.956 bits per heavy atom. The molecule has 2 aromatic heterocycles. The molecule has 0 radical (unpaired) electrons. The van der Waals surface area contributed by atoms with E-state index >= 15 is 0 Å². The number of hydrogen-bond donors (Lipinski definition) is 0. The van der Waals surface area contributed by atoms with Crippen LogP contribution in [0, 0.1) is 0 Å². The van der Waals surface area contributed by atoms with Crippen LogP contribution in [-0.4, -0.2) is 15.0 Å². The molecule has 0 saturated heterocycles. The van der Waals surface area contributed by atoms with Crippen LogP contribution < -0.4 is 0 Å². The lowest BCUT2D eigenvalue weighted by atomic mass is 9.95. The number of aromatic nitrogens is 3. The Morgan fingerprint density at radius 3 is 1.82 bits per heavy atom. The summed E-state index contributed by atoms with van der Waals surface area (Å²) >= 11 is 0. The first-order valence-electron chi connectivity index (χ1n) is 15.0. The highest BCUT2D eigenvalue weighted by molar-refractivity contribution is 6.17. The monoisotopic (exact) mass is 575 g/mol. The number of rotatable bonds is 4. The van der Waals surface area contributed by atoms with Gasteiger partial charge in [0.25, 0.3) is 0 Å². The molecule has 9 rings (SSSR count). The first-order chi connectivity index (χ1) is 22.3. The standard InChI is InChI=1S/C41H25N3O/c1-2-11-27(12-3-1)39-42-40(44-41(43-39)31-21-20-26-10-4-5-13-28(26)24-31)30-15-8-14-29(25-30)32-17-9-18-35-33(32)22-23-36-34-16-6-7-19-37(34)45-38(35)36/h1-25H. The van der Waals surface area contributed by atoms with E-state index in [1.54, 1.807) is 0 Å². The third-order valence-corrected chi connectivity index (χ3v) is 8.51. The molecule has 4 heteroatoms. The predicted molar refractivity (Wildman–Crippen MR) is 184 cm³/mol. The number of para-hydroxylation sites is 1. The minimum atomic E-state index is 0.633. The van der Waals surface area contributed by atoms with Crippen LogP contribution in [0.3, 0.4) is 0 Å². The summed E-state index contributed by atoms with van der Waals surface area (Å²) in [7, 11) is 0. The first kappa shape index (κ1) is 25.4. The molecular weight excluding hydrogens is 550 g/mol. The van der Waals surface area contributed by atoms with Crippen LogP contribution >= 0.6 is 0 Å². The zero-order valence-corrected chi connectivity index (χ0v) is 24.2. The lowest BCUT2D eigenvalue weighted by Gasteiger charge is -2.11. The molecule has 0 spiro atoms. The van der Waals surface area contributed by atoms with Gasteiger partial charge in [0.1, 0.15) is 11.2 Å². The molecule has 4 nitrogen and oxygen atoms in total. The van der Waals surface area contributed by atoms with Gasteiger partial charge in [-0.25, -0.2) is 15.0 Å². The Kier molecular flexibility index (Phi) is 5.78. The summed E-state index contributed by atoms with van der Waals surface area (Å²) in [6.45, 7) is 0. The van der Waals surface area contributed by atoms with Gasteiger partial charge in [-0.2, -0.15) is 0 Å². The smallest absolute Gasteiger partial charge is 0.164 e. The van der Waals surface area contributed by atoms with Crippen LogP contribution in [0.4, 0.5) is 0 Å². The van der Waals surface area contributed by atoms with Crippen LogP contribution in [0.15, 0.2) is 156 Å². The van der Waals surface area contributed by atoms with Crippen LogP contribution in [-0.2, 0) is 0 Å². The average molecular weight is 576 g/mol. The lowest BCUT2D eigenvalue weighted by molar-refractivity contribution is 0.672. The molecule has 9 aromatic rings. The van der Waals surface area contributed by atoms with Crippen molar-refractivity contribution >= 4 is 43.5 Å². The average Bonchev–Trinajstić information content (AvgIpc) is 3.51. The van der Waals surface area contributed by atoms with Crippen molar-refractivity contribution in [2.75, 3.05) is 0 Å². The van der Waals surface area contributed by atoms with Gasteiger partial charge in [-0.3, -0.25) is 0 Å². The van der Waals surface area contributed by atoms with Crippen LogP contribution in [0.5, 0.6) is 0 Å². The third-order valence-electron chi connectivity index (χ3n) is 8.51. The molecule has 0 bridgehead atoms. The Hall–Kier alpha value is -6.13. The molecule has 7 aromatic carbocycles. The summed E-state index contributed by atoms with van der Waals surface area (Å²) < 4.78 is 6.36. The summed E-state index contributed by atoms with van der Waals surface area (Å²) in [5, 5.41) is 6.82. The maximum Gasteiger partial charge on any atom is 0.164 e. The Balaban J connectivity index is 1.21. The number of benzene rings is 7. The number of furan rings is 1. The summed E-state index contributed by atoms with van der Waals surface area (Å²) in [6.07, 6.45) is 0.